The van der Waals surface area contributed by atoms with Crippen LogP contribution in [-0.2, 0) is 12.6 Å². The average Bonchev–Trinajstić information content (AvgIpc) is 3.53. The minimum Gasteiger partial charge on any atom is -0.493 e. The molecule has 1 aliphatic heterocycles. The van der Waals surface area contributed by atoms with Crippen LogP contribution in [0, 0.1) is 5.41 Å². The fraction of sp³-hybridized carbons (Fsp3) is 0.269. The third kappa shape index (κ3) is 4.98. The van der Waals surface area contributed by atoms with Gasteiger partial charge in [0.25, 0.3) is 0 Å². The van der Waals surface area contributed by atoms with E-state index in [1.165, 1.54) is 12.1 Å². The van der Waals surface area contributed by atoms with Crippen LogP contribution in [0.3, 0.4) is 0 Å². The van der Waals surface area contributed by atoms with Crippen LogP contribution in [0.2, 0.25) is 0 Å². The van der Waals surface area contributed by atoms with Crippen molar-refractivity contribution in [2.75, 3.05) is 13.2 Å². The lowest BCUT2D eigenvalue weighted by atomic mass is 10.1. The first-order chi connectivity index (χ1) is 17.3. The largest absolute Gasteiger partial charge is 0.493 e. The number of benzene rings is 3. The molecule has 1 saturated heterocycles. The van der Waals surface area contributed by atoms with Gasteiger partial charge in [-0.1, -0.05) is 35.5 Å². The molecule has 1 fully saturated rings. The molecule has 1 unspecified atom stereocenters. The van der Waals surface area contributed by atoms with Crippen LogP contribution in [0.25, 0.3) is 22.2 Å². The molecule has 0 spiro atoms. The Balaban J connectivity index is 1.24. The van der Waals surface area contributed by atoms with E-state index in [4.69, 9.17) is 20.4 Å². The summed E-state index contributed by atoms with van der Waals surface area (Å²) in [7, 11) is 0. The van der Waals surface area contributed by atoms with Crippen LogP contribution < -0.4 is 10.5 Å². The summed E-state index contributed by atoms with van der Waals surface area (Å²) in [5.41, 5.74) is 6.59. The number of hydrogen-bond acceptors (Lipinski definition) is 5. The summed E-state index contributed by atoms with van der Waals surface area (Å²) < 4.78 is 49.4. The topological polar surface area (TPSA) is 101 Å². The number of halogens is 3. The van der Waals surface area contributed by atoms with E-state index in [0.717, 1.165) is 46.9 Å². The molecule has 1 atom stereocenters. The molecule has 0 aliphatic carbocycles. The second-order valence-corrected chi connectivity index (χ2v) is 8.71. The molecule has 7 nitrogen and oxygen atoms in total. The maximum atomic E-state index is 12.7. The predicted octanol–water partition coefficient (Wildman–Crippen LogP) is 5.56. The van der Waals surface area contributed by atoms with Crippen molar-refractivity contribution >= 4 is 16.7 Å². The Bertz CT molecular complexity index is 1380. The molecular weight excluding hydrogens is 471 g/mol. The fourth-order valence-electron chi connectivity index (χ4n) is 4.40. The van der Waals surface area contributed by atoms with E-state index in [9.17, 15) is 13.2 Å². The first kappa shape index (κ1) is 23.7. The number of likely N-dealkylation sites (tertiary alicyclic amines) is 1. The molecular formula is C26H24F3N5O2. The highest BCUT2D eigenvalue weighted by molar-refractivity contribution is 5.87. The summed E-state index contributed by atoms with van der Waals surface area (Å²) >= 11 is 0. The number of aromatic nitrogens is 2. The minimum atomic E-state index is -4.33. The van der Waals surface area contributed by atoms with Gasteiger partial charge in [0.2, 0.25) is 11.7 Å². The third-order valence-electron chi connectivity index (χ3n) is 6.30. The Kier molecular flexibility index (Phi) is 6.26. The van der Waals surface area contributed by atoms with Gasteiger partial charge in [-0.25, -0.2) is 0 Å². The van der Waals surface area contributed by atoms with Gasteiger partial charge in [0.1, 0.15) is 11.8 Å². The molecule has 0 bridgehead atoms. The van der Waals surface area contributed by atoms with Gasteiger partial charge in [-0.15, -0.1) is 0 Å². The maximum Gasteiger partial charge on any atom is 0.416 e. The van der Waals surface area contributed by atoms with Crippen molar-refractivity contribution in [1.82, 2.24) is 15.0 Å². The lowest BCUT2D eigenvalue weighted by Crippen LogP contribution is -2.35. The summed E-state index contributed by atoms with van der Waals surface area (Å²) in [5.74, 6) is 1.60. The summed E-state index contributed by atoms with van der Waals surface area (Å²) in [6.07, 6.45) is -2.12. The van der Waals surface area contributed by atoms with Gasteiger partial charge in [-0.3, -0.25) is 5.41 Å². The minimum absolute atomic E-state index is 0.000313. The molecule has 3 aromatic carbocycles. The summed E-state index contributed by atoms with van der Waals surface area (Å²) in [4.78, 5) is 6.31. The molecule has 3 N–H and O–H groups in total. The summed E-state index contributed by atoms with van der Waals surface area (Å²) in [6, 6.07) is 16.5. The van der Waals surface area contributed by atoms with Gasteiger partial charge < -0.3 is 19.9 Å². The molecule has 0 amide bonds. The van der Waals surface area contributed by atoms with Gasteiger partial charge in [-0.05, 0) is 59.5 Å². The number of alkyl halides is 3. The highest BCUT2D eigenvalue weighted by atomic mass is 19.4. The zero-order valence-electron chi connectivity index (χ0n) is 19.3. The average molecular weight is 496 g/mol. The lowest BCUT2D eigenvalue weighted by Gasteiger charge is -2.21. The molecule has 36 heavy (non-hydrogen) atoms. The van der Waals surface area contributed by atoms with Crippen LogP contribution in [0.15, 0.2) is 65.2 Å². The molecule has 5 rings (SSSR count). The molecule has 2 heterocycles. The van der Waals surface area contributed by atoms with Crippen molar-refractivity contribution in [3.63, 3.8) is 0 Å². The van der Waals surface area contributed by atoms with Crippen molar-refractivity contribution < 1.29 is 22.4 Å². The number of guanidine groups is 1. The molecule has 10 heteroatoms. The third-order valence-corrected chi connectivity index (χ3v) is 6.30. The summed E-state index contributed by atoms with van der Waals surface area (Å²) in [6.45, 7) is 1.04. The van der Waals surface area contributed by atoms with E-state index in [1.807, 2.05) is 36.4 Å². The Morgan fingerprint density at radius 1 is 1.08 bits per heavy atom. The van der Waals surface area contributed by atoms with Crippen molar-refractivity contribution in [3.05, 3.63) is 77.7 Å². The van der Waals surface area contributed by atoms with Crippen LogP contribution in [0.4, 0.5) is 13.2 Å². The van der Waals surface area contributed by atoms with E-state index in [2.05, 4.69) is 10.1 Å². The van der Waals surface area contributed by atoms with Crippen molar-refractivity contribution in [1.29, 1.82) is 5.41 Å². The van der Waals surface area contributed by atoms with Gasteiger partial charge in [0.05, 0.1) is 12.2 Å². The van der Waals surface area contributed by atoms with E-state index >= 15 is 0 Å². The molecule has 0 radical (unpaired) electrons. The first-order valence-corrected chi connectivity index (χ1v) is 11.6. The monoisotopic (exact) mass is 495 g/mol. The second-order valence-electron chi connectivity index (χ2n) is 8.71. The van der Waals surface area contributed by atoms with Crippen LogP contribution in [0.5, 0.6) is 5.75 Å². The van der Waals surface area contributed by atoms with E-state index in [0.29, 0.717) is 37.0 Å². The fourth-order valence-corrected chi connectivity index (χ4v) is 4.40. The van der Waals surface area contributed by atoms with Crippen LogP contribution in [0.1, 0.15) is 35.9 Å². The highest BCUT2D eigenvalue weighted by Gasteiger charge is 2.32. The second kappa shape index (κ2) is 9.52. The number of nitrogens with one attached hydrogen (secondary N) is 1. The Hall–Kier alpha value is -4.08. The number of ether oxygens (including phenoxy) is 1. The van der Waals surface area contributed by atoms with Gasteiger partial charge in [-0.2, -0.15) is 18.2 Å². The quantitative estimate of drug-likeness (QED) is 0.268. The van der Waals surface area contributed by atoms with E-state index < -0.39 is 11.7 Å². The number of hydrogen-bond donors (Lipinski definition) is 2. The maximum absolute atomic E-state index is 12.7. The molecule has 1 aliphatic rings. The Morgan fingerprint density at radius 2 is 1.83 bits per heavy atom. The van der Waals surface area contributed by atoms with Gasteiger partial charge >= 0.3 is 6.18 Å². The SMILES string of the molecule is N=C(N)N1CCCC1c1nc(-c2ccc3cc(OCCc4ccc(C(F)(F)F)cc4)ccc3c2)no1. The zero-order chi connectivity index (χ0) is 25.3. The number of fused-ring (bicyclic) bond motifs is 1. The zero-order valence-corrected chi connectivity index (χ0v) is 19.3. The molecule has 1 aromatic heterocycles. The Morgan fingerprint density at radius 3 is 2.58 bits per heavy atom. The van der Waals surface area contributed by atoms with Crippen molar-refractivity contribution in [3.8, 4) is 17.1 Å². The van der Waals surface area contributed by atoms with Gasteiger partial charge in [0, 0.05) is 18.5 Å². The normalized spacial score (nSPS) is 16.0. The van der Waals surface area contributed by atoms with E-state index in [-0.39, 0.29) is 12.0 Å². The lowest BCUT2D eigenvalue weighted by molar-refractivity contribution is -0.137. The van der Waals surface area contributed by atoms with Crippen LogP contribution >= 0.6 is 0 Å². The van der Waals surface area contributed by atoms with Gasteiger partial charge in [0.15, 0.2) is 5.96 Å². The van der Waals surface area contributed by atoms with Crippen molar-refractivity contribution in [2.45, 2.75) is 31.5 Å². The van der Waals surface area contributed by atoms with Crippen LogP contribution in [-0.4, -0.2) is 34.2 Å². The first-order valence-electron chi connectivity index (χ1n) is 11.6. The van der Waals surface area contributed by atoms with Crippen molar-refractivity contribution in [2.24, 2.45) is 5.73 Å². The number of nitrogens with zero attached hydrogens (tertiary/aromatic N) is 3. The smallest absolute Gasteiger partial charge is 0.416 e. The number of rotatable bonds is 6. The Labute approximate surface area is 205 Å². The summed E-state index contributed by atoms with van der Waals surface area (Å²) in [5, 5.41) is 13.8. The molecule has 186 valence electrons. The predicted molar refractivity (Wildman–Crippen MR) is 128 cm³/mol. The highest BCUT2D eigenvalue weighted by Crippen LogP contribution is 2.33. The molecule has 0 saturated carbocycles. The number of nitrogens with two attached hydrogens (primary N) is 1. The standard InChI is InChI=1S/C26H24F3N5O2/c27-26(28,29)20-8-3-16(4-9-20)11-13-35-21-10-7-17-14-19(6-5-18(17)15-21)23-32-24(36-33-23)22-2-1-12-34(22)25(30)31/h3-10,14-15,22H,1-2,11-13H2,(H3,30,31). The van der Waals surface area contributed by atoms with E-state index in [1.54, 1.807) is 4.90 Å². The molecule has 4 aromatic rings.